The molecule has 0 spiro atoms. The SMILES string of the molecule is CCCCN(C)Cc1ncoc1-c1ccc(OC(C)C)cc1. The Labute approximate surface area is 133 Å². The van der Waals surface area contributed by atoms with Crippen LogP contribution in [0.4, 0.5) is 0 Å². The maximum atomic E-state index is 5.67. The first kappa shape index (κ1) is 16.6. The number of aromatic nitrogens is 1. The van der Waals surface area contributed by atoms with E-state index in [2.05, 4.69) is 23.9 Å². The number of oxazole rings is 1. The minimum Gasteiger partial charge on any atom is -0.491 e. The van der Waals surface area contributed by atoms with Crippen molar-refractivity contribution in [1.82, 2.24) is 9.88 Å². The highest BCUT2D eigenvalue weighted by Gasteiger charge is 2.13. The quantitative estimate of drug-likeness (QED) is 0.726. The Morgan fingerprint density at radius 1 is 1.23 bits per heavy atom. The van der Waals surface area contributed by atoms with Crippen LogP contribution >= 0.6 is 0 Å². The third-order valence-electron chi connectivity index (χ3n) is 3.44. The summed E-state index contributed by atoms with van der Waals surface area (Å²) in [5.41, 5.74) is 2.02. The Balaban J connectivity index is 2.08. The number of hydrogen-bond donors (Lipinski definition) is 0. The predicted molar refractivity (Wildman–Crippen MR) is 88.9 cm³/mol. The molecule has 1 aromatic carbocycles. The van der Waals surface area contributed by atoms with E-state index < -0.39 is 0 Å². The molecule has 0 saturated carbocycles. The van der Waals surface area contributed by atoms with Gasteiger partial charge in [-0.05, 0) is 58.1 Å². The van der Waals surface area contributed by atoms with Crippen LogP contribution in [0.5, 0.6) is 5.75 Å². The zero-order chi connectivity index (χ0) is 15.9. The van der Waals surface area contributed by atoms with E-state index in [1.54, 1.807) is 0 Å². The zero-order valence-corrected chi connectivity index (χ0v) is 14.0. The van der Waals surface area contributed by atoms with E-state index in [0.29, 0.717) is 0 Å². The maximum Gasteiger partial charge on any atom is 0.181 e. The van der Waals surface area contributed by atoms with Crippen molar-refractivity contribution in [2.75, 3.05) is 13.6 Å². The molecule has 0 unspecified atom stereocenters. The fourth-order valence-electron chi connectivity index (χ4n) is 2.34. The molecule has 1 aromatic heterocycles. The number of ether oxygens (including phenoxy) is 1. The standard InChI is InChI=1S/C18H26N2O2/c1-5-6-11-20(4)12-17-18(21-13-19-17)15-7-9-16(10-8-15)22-14(2)3/h7-10,13-14H,5-6,11-12H2,1-4H3. The van der Waals surface area contributed by atoms with Crippen molar-refractivity contribution in [1.29, 1.82) is 0 Å². The van der Waals surface area contributed by atoms with Crippen molar-refractivity contribution >= 4 is 0 Å². The molecular weight excluding hydrogens is 276 g/mol. The molecule has 4 heteroatoms. The second kappa shape index (κ2) is 7.99. The Morgan fingerprint density at radius 3 is 2.59 bits per heavy atom. The largest absolute Gasteiger partial charge is 0.491 e. The molecule has 0 N–H and O–H groups in total. The monoisotopic (exact) mass is 302 g/mol. The number of benzene rings is 1. The van der Waals surface area contributed by atoms with Gasteiger partial charge in [-0.1, -0.05) is 13.3 Å². The van der Waals surface area contributed by atoms with E-state index in [-0.39, 0.29) is 6.10 Å². The molecule has 0 atom stereocenters. The topological polar surface area (TPSA) is 38.5 Å². The van der Waals surface area contributed by atoms with Crippen molar-refractivity contribution in [3.63, 3.8) is 0 Å². The lowest BCUT2D eigenvalue weighted by molar-refractivity contribution is 0.242. The smallest absolute Gasteiger partial charge is 0.181 e. The van der Waals surface area contributed by atoms with Crippen LogP contribution < -0.4 is 4.74 Å². The van der Waals surface area contributed by atoms with Gasteiger partial charge in [0.1, 0.15) is 11.4 Å². The van der Waals surface area contributed by atoms with Gasteiger partial charge in [0.05, 0.1) is 6.10 Å². The first-order chi connectivity index (χ1) is 10.6. The molecule has 4 nitrogen and oxygen atoms in total. The normalized spacial score (nSPS) is 11.4. The lowest BCUT2D eigenvalue weighted by Crippen LogP contribution is -2.19. The van der Waals surface area contributed by atoms with Gasteiger partial charge in [0.25, 0.3) is 0 Å². The van der Waals surface area contributed by atoms with Gasteiger partial charge >= 0.3 is 0 Å². The Bertz CT molecular complexity index is 561. The molecule has 0 fully saturated rings. The third kappa shape index (κ3) is 4.60. The summed E-state index contributed by atoms with van der Waals surface area (Å²) < 4.78 is 11.3. The highest BCUT2D eigenvalue weighted by molar-refractivity contribution is 5.60. The van der Waals surface area contributed by atoms with Gasteiger partial charge in [-0.25, -0.2) is 4.98 Å². The molecule has 22 heavy (non-hydrogen) atoms. The summed E-state index contributed by atoms with van der Waals surface area (Å²) in [6.45, 7) is 8.12. The van der Waals surface area contributed by atoms with Crippen molar-refractivity contribution < 1.29 is 9.15 Å². The first-order valence-corrected chi connectivity index (χ1v) is 7.98. The Morgan fingerprint density at radius 2 is 1.95 bits per heavy atom. The van der Waals surface area contributed by atoms with Crippen LogP contribution in [0.3, 0.4) is 0 Å². The lowest BCUT2D eigenvalue weighted by atomic mass is 10.1. The van der Waals surface area contributed by atoms with Crippen molar-refractivity contribution in [3.05, 3.63) is 36.4 Å². The number of hydrogen-bond acceptors (Lipinski definition) is 4. The van der Waals surface area contributed by atoms with Crippen LogP contribution in [0.2, 0.25) is 0 Å². The van der Waals surface area contributed by atoms with E-state index in [1.807, 2.05) is 38.1 Å². The van der Waals surface area contributed by atoms with Crippen molar-refractivity contribution in [2.45, 2.75) is 46.3 Å². The first-order valence-electron chi connectivity index (χ1n) is 7.98. The van der Waals surface area contributed by atoms with Crippen LogP contribution in [0, 0.1) is 0 Å². The second-order valence-corrected chi connectivity index (χ2v) is 5.91. The molecule has 0 aliphatic heterocycles. The predicted octanol–water partition coefficient (Wildman–Crippen LogP) is 4.36. The summed E-state index contributed by atoms with van der Waals surface area (Å²) in [6, 6.07) is 7.99. The highest BCUT2D eigenvalue weighted by atomic mass is 16.5. The summed E-state index contributed by atoms with van der Waals surface area (Å²) in [6.07, 6.45) is 4.11. The zero-order valence-electron chi connectivity index (χ0n) is 14.0. The number of unbranched alkanes of at least 4 members (excludes halogenated alkanes) is 1. The van der Waals surface area contributed by atoms with E-state index in [1.165, 1.54) is 19.2 Å². The van der Waals surface area contributed by atoms with E-state index in [9.17, 15) is 0 Å². The van der Waals surface area contributed by atoms with E-state index >= 15 is 0 Å². The minimum absolute atomic E-state index is 0.180. The molecule has 0 saturated heterocycles. The number of rotatable bonds is 8. The lowest BCUT2D eigenvalue weighted by Gasteiger charge is -2.15. The fraction of sp³-hybridized carbons (Fsp3) is 0.500. The second-order valence-electron chi connectivity index (χ2n) is 5.91. The summed E-state index contributed by atoms with van der Waals surface area (Å²) in [5.74, 6) is 1.72. The summed E-state index contributed by atoms with van der Waals surface area (Å²) in [4.78, 5) is 6.65. The average molecular weight is 302 g/mol. The molecule has 1 heterocycles. The summed E-state index contributed by atoms with van der Waals surface area (Å²) in [5, 5.41) is 0. The van der Waals surface area contributed by atoms with Crippen LogP contribution in [0.1, 0.15) is 39.3 Å². The van der Waals surface area contributed by atoms with Crippen molar-refractivity contribution in [2.24, 2.45) is 0 Å². The molecule has 2 rings (SSSR count). The van der Waals surface area contributed by atoms with Crippen LogP contribution in [0.25, 0.3) is 11.3 Å². The van der Waals surface area contributed by atoms with Gasteiger partial charge in [-0.15, -0.1) is 0 Å². The molecule has 2 aromatic rings. The minimum atomic E-state index is 0.180. The van der Waals surface area contributed by atoms with E-state index in [4.69, 9.17) is 9.15 Å². The van der Waals surface area contributed by atoms with Crippen LogP contribution in [-0.2, 0) is 6.54 Å². The third-order valence-corrected chi connectivity index (χ3v) is 3.44. The highest BCUT2D eigenvalue weighted by Crippen LogP contribution is 2.26. The Kier molecular flexibility index (Phi) is 6.01. The maximum absolute atomic E-state index is 5.67. The summed E-state index contributed by atoms with van der Waals surface area (Å²) in [7, 11) is 2.12. The fourth-order valence-corrected chi connectivity index (χ4v) is 2.34. The summed E-state index contributed by atoms with van der Waals surface area (Å²) >= 11 is 0. The molecule has 0 aliphatic rings. The van der Waals surface area contributed by atoms with Gasteiger partial charge in [0.15, 0.2) is 12.2 Å². The van der Waals surface area contributed by atoms with Crippen LogP contribution in [-0.4, -0.2) is 29.6 Å². The Hall–Kier alpha value is -1.81. The van der Waals surface area contributed by atoms with Crippen LogP contribution in [0.15, 0.2) is 35.1 Å². The molecular formula is C18H26N2O2. The van der Waals surface area contributed by atoms with Crippen molar-refractivity contribution in [3.8, 4) is 17.1 Å². The van der Waals surface area contributed by atoms with E-state index in [0.717, 1.165) is 35.9 Å². The van der Waals surface area contributed by atoms with Gasteiger partial charge in [0.2, 0.25) is 0 Å². The number of nitrogens with zero attached hydrogens (tertiary/aromatic N) is 2. The van der Waals surface area contributed by atoms with Gasteiger partial charge in [-0.3, -0.25) is 0 Å². The van der Waals surface area contributed by atoms with Gasteiger partial charge < -0.3 is 14.1 Å². The molecule has 0 aliphatic carbocycles. The molecule has 120 valence electrons. The molecule has 0 amide bonds. The molecule has 0 radical (unpaired) electrons. The van der Waals surface area contributed by atoms with Gasteiger partial charge in [0, 0.05) is 12.1 Å². The van der Waals surface area contributed by atoms with Gasteiger partial charge in [-0.2, -0.15) is 0 Å². The average Bonchev–Trinajstić information content (AvgIpc) is 2.93. The molecule has 0 bridgehead atoms.